The second-order valence-corrected chi connectivity index (χ2v) is 7.59. The molecule has 0 aromatic heterocycles. The average molecular weight is 506 g/mol. The molecule has 0 saturated carbocycles. The largest absolute Gasteiger partial charge is 0.490 e. The van der Waals surface area contributed by atoms with E-state index in [0.717, 1.165) is 4.90 Å². The van der Waals surface area contributed by atoms with Gasteiger partial charge in [-0.1, -0.05) is 30.3 Å². The van der Waals surface area contributed by atoms with E-state index in [1.165, 1.54) is 12.1 Å². The number of imide groups is 2. The molecule has 2 aromatic carbocycles. The van der Waals surface area contributed by atoms with Gasteiger partial charge in [-0.15, -0.1) is 0 Å². The number of benzene rings is 2. The summed E-state index contributed by atoms with van der Waals surface area (Å²) in [6.07, 6.45) is 2.98. The highest BCUT2D eigenvalue weighted by atomic mass is 79.9. The maximum Gasteiger partial charge on any atom is 0.335 e. The second kappa shape index (κ2) is 9.80. The Morgan fingerprint density at radius 2 is 1.97 bits per heavy atom. The molecule has 1 saturated heterocycles. The third-order valence-electron chi connectivity index (χ3n) is 4.16. The van der Waals surface area contributed by atoms with Gasteiger partial charge in [0, 0.05) is 5.02 Å². The molecule has 2 aromatic rings. The molecule has 3 rings (SSSR count). The molecular weight excluding hydrogens is 488 g/mol. The third-order valence-corrected chi connectivity index (χ3v) is 4.98. The van der Waals surface area contributed by atoms with Gasteiger partial charge in [0.2, 0.25) is 0 Å². The number of hydrogen-bond donors (Lipinski definition) is 1. The molecule has 7 nitrogen and oxygen atoms in total. The van der Waals surface area contributed by atoms with Crippen LogP contribution in [0.2, 0.25) is 5.02 Å². The highest BCUT2D eigenvalue weighted by Gasteiger charge is 2.37. The van der Waals surface area contributed by atoms with Crippen molar-refractivity contribution in [3.05, 3.63) is 69.7 Å². The van der Waals surface area contributed by atoms with Gasteiger partial charge in [-0.2, -0.15) is 0 Å². The summed E-state index contributed by atoms with van der Waals surface area (Å²) in [4.78, 5) is 38.6. The van der Waals surface area contributed by atoms with Gasteiger partial charge >= 0.3 is 6.03 Å². The Bertz CT molecular complexity index is 1100. The molecule has 0 aliphatic carbocycles. The van der Waals surface area contributed by atoms with Crippen molar-refractivity contribution in [2.45, 2.75) is 6.92 Å². The summed E-state index contributed by atoms with van der Waals surface area (Å²) >= 11 is 9.41. The Labute approximate surface area is 192 Å². The summed E-state index contributed by atoms with van der Waals surface area (Å²) in [6.45, 7) is 6.10. The summed E-state index contributed by atoms with van der Waals surface area (Å²) in [5.41, 5.74) is 0.534. The predicted octanol–water partition coefficient (Wildman–Crippen LogP) is 4.73. The number of rotatable bonds is 7. The van der Waals surface area contributed by atoms with Crippen molar-refractivity contribution in [1.82, 2.24) is 5.32 Å². The summed E-state index contributed by atoms with van der Waals surface area (Å²) in [5, 5.41) is 2.53. The summed E-state index contributed by atoms with van der Waals surface area (Å²) in [5.74, 6) is -0.664. The predicted molar refractivity (Wildman–Crippen MR) is 121 cm³/mol. The highest BCUT2D eigenvalue weighted by molar-refractivity contribution is 9.10. The number of carbonyl (C=O) groups excluding carboxylic acids is 3. The van der Waals surface area contributed by atoms with E-state index in [4.69, 9.17) is 21.1 Å². The van der Waals surface area contributed by atoms with Crippen molar-refractivity contribution in [2.75, 3.05) is 18.1 Å². The lowest BCUT2D eigenvalue weighted by Crippen LogP contribution is -2.54. The van der Waals surface area contributed by atoms with E-state index in [-0.39, 0.29) is 17.9 Å². The van der Waals surface area contributed by atoms with Gasteiger partial charge in [0.15, 0.2) is 11.5 Å². The van der Waals surface area contributed by atoms with Gasteiger partial charge in [-0.3, -0.25) is 14.9 Å². The number of halogens is 2. The number of barbiturate groups is 1. The first-order valence-electron chi connectivity index (χ1n) is 9.22. The van der Waals surface area contributed by atoms with Crippen LogP contribution < -0.4 is 19.7 Å². The van der Waals surface area contributed by atoms with Crippen molar-refractivity contribution < 1.29 is 23.9 Å². The Kier molecular flexibility index (Phi) is 7.14. The molecule has 31 heavy (non-hydrogen) atoms. The molecule has 9 heteroatoms. The van der Waals surface area contributed by atoms with Crippen LogP contribution in [0.4, 0.5) is 10.5 Å². The number of nitrogens with zero attached hydrogens (tertiary/aromatic N) is 1. The zero-order chi connectivity index (χ0) is 22.5. The molecule has 1 heterocycles. The molecule has 0 spiro atoms. The van der Waals surface area contributed by atoms with Crippen LogP contribution in [-0.2, 0) is 9.59 Å². The van der Waals surface area contributed by atoms with E-state index in [0.29, 0.717) is 33.2 Å². The van der Waals surface area contributed by atoms with Gasteiger partial charge in [0.05, 0.1) is 16.8 Å². The number of anilines is 1. The number of carbonyl (C=O) groups is 3. The number of amides is 4. The Morgan fingerprint density at radius 1 is 1.19 bits per heavy atom. The van der Waals surface area contributed by atoms with Gasteiger partial charge in [0.25, 0.3) is 11.8 Å². The van der Waals surface area contributed by atoms with Gasteiger partial charge < -0.3 is 9.47 Å². The van der Waals surface area contributed by atoms with Gasteiger partial charge in [-0.05, 0) is 64.8 Å². The van der Waals surface area contributed by atoms with Crippen LogP contribution in [-0.4, -0.2) is 31.1 Å². The van der Waals surface area contributed by atoms with Crippen molar-refractivity contribution in [3.8, 4) is 11.5 Å². The zero-order valence-electron chi connectivity index (χ0n) is 16.5. The minimum Gasteiger partial charge on any atom is -0.490 e. The minimum atomic E-state index is -0.848. The molecule has 0 bridgehead atoms. The number of hydrogen-bond acceptors (Lipinski definition) is 5. The summed E-state index contributed by atoms with van der Waals surface area (Å²) in [7, 11) is 0. The van der Waals surface area contributed by atoms with E-state index in [1.54, 1.807) is 36.4 Å². The highest BCUT2D eigenvalue weighted by Crippen LogP contribution is 2.38. The lowest BCUT2D eigenvalue weighted by atomic mass is 10.1. The normalized spacial score (nSPS) is 15.1. The maximum atomic E-state index is 13.0. The maximum absolute atomic E-state index is 13.0. The summed E-state index contributed by atoms with van der Waals surface area (Å²) < 4.78 is 11.8. The van der Waals surface area contributed by atoms with Crippen LogP contribution >= 0.6 is 27.5 Å². The van der Waals surface area contributed by atoms with E-state index in [1.807, 2.05) is 6.92 Å². The van der Waals surface area contributed by atoms with Crippen molar-refractivity contribution in [1.29, 1.82) is 0 Å². The molecule has 1 aliphatic heterocycles. The first-order valence-corrected chi connectivity index (χ1v) is 10.4. The topological polar surface area (TPSA) is 84.9 Å². The molecular formula is C22H18BrClN2O5. The van der Waals surface area contributed by atoms with E-state index >= 15 is 0 Å². The van der Waals surface area contributed by atoms with Crippen LogP contribution in [0.15, 0.2) is 59.1 Å². The van der Waals surface area contributed by atoms with Crippen molar-refractivity contribution in [2.24, 2.45) is 0 Å². The van der Waals surface area contributed by atoms with Crippen molar-refractivity contribution >= 4 is 57.1 Å². The van der Waals surface area contributed by atoms with Crippen molar-refractivity contribution in [3.63, 3.8) is 0 Å². The first-order chi connectivity index (χ1) is 14.8. The Morgan fingerprint density at radius 3 is 2.65 bits per heavy atom. The van der Waals surface area contributed by atoms with E-state index in [2.05, 4.69) is 27.8 Å². The molecule has 4 amide bonds. The Hall–Kier alpha value is -3.10. The fourth-order valence-corrected chi connectivity index (χ4v) is 3.65. The quantitative estimate of drug-likeness (QED) is 0.334. The number of ether oxygens (including phenoxy) is 2. The fraction of sp³-hybridized carbons (Fsp3) is 0.136. The molecule has 1 N–H and O–H groups in total. The standard InChI is InChI=1S/C22H18BrClN2O5/c1-3-8-31-19-17(23)10-13(11-18(19)30-4-2)9-16-20(27)25-22(29)26(21(16)28)15-7-5-6-14(24)12-15/h3,5-7,9-12H,1,4,8H2,2H3,(H,25,27,29)/b16-9+. The molecule has 0 radical (unpaired) electrons. The molecule has 0 atom stereocenters. The first kappa shape index (κ1) is 22.6. The molecule has 0 unspecified atom stereocenters. The molecule has 1 aliphatic rings. The molecule has 160 valence electrons. The van der Waals surface area contributed by atoms with Gasteiger partial charge in [0.1, 0.15) is 12.2 Å². The van der Waals surface area contributed by atoms with Crippen LogP contribution in [0, 0.1) is 0 Å². The Balaban J connectivity index is 2.03. The van der Waals surface area contributed by atoms with Crippen LogP contribution in [0.5, 0.6) is 11.5 Å². The average Bonchev–Trinajstić information content (AvgIpc) is 2.71. The zero-order valence-corrected chi connectivity index (χ0v) is 18.8. The van der Waals surface area contributed by atoms with Crippen LogP contribution in [0.3, 0.4) is 0 Å². The lowest BCUT2D eigenvalue weighted by molar-refractivity contribution is -0.122. The fourth-order valence-electron chi connectivity index (χ4n) is 2.89. The summed E-state index contributed by atoms with van der Waals surface area (Å²) in [6, 6.07) is 8.69. The monoisotopic (exact) mass is 504 g/mol. The van der Waals surface area contributed by atoms with Crippen LogP contribution in [0.1, 0.15) is 12.5 Å². The third kappa shape index (κ3) is 4.98. The van der Waals surface area contributed by atoms with E-state index < -0.39 is 17.8 Å². The number of nitrogens with one attached hydrogen (secondary N) is 1. The smallest absolute Gasteiger partial charge is 0.335 e. The molecule has 1 fully saturated rings. The number of urea groups is 1. The van der Waals surface area contributed by atoms with Crippen LogP contribution in [0.25, 0.3) is 6.08 Å². The lowest BCUT2D eigenvalue weighted by Gasteiger charge is -2.26. The minimum absolute atomic E-state index is 0.214. The van der Waals surface area contributed by atoms with E-state index in [9.17, 15) is 14.4 Å². The second-order valence-electron chi connectivity index (χ2n) is 6.30. The van der Waals surface area contributed by atoms with Gasteiger partial charge in [-0.25, -0.2) is 9.69 Å². The SMILES string of the molecule is C=CCOc1c(Br)cc(/C=C2\C(=O)NC(=O)N(c3cccc(Cl)c3)C2=O)cc1OCC.